The molecule has 6 heteroatoms. The molecule has 0 atom stereocenters. The van der Waals surface area contributed by atoms with E-state index in [0.717, 1.165) is 11.3 Å². The number of hydrogen-bond acceptors (Lipinski definition) is 5. The van der Waals surface area contributed by atoms with Crippen molar-refractivity contribution in [2.75, 3.05) is 11.1 Å². The number of nitrogen functional groups attached to an aromatic ring is 1. The third-order valence-corrected chi connectivity index (χ3v) is 2.65. The molecule has 0 bridgehead atoms. The zero-order valence-electron chi connectivity index (χ0n) is 9.53. The smallest absolute Gasteiger partial charge is 0.233 e. The monoisotopic (exact) mass is 249 g/mol. The first-order valence-electron chi connectivity index (χ1n) is 5.06. The Labute approximate surface area is 104 Å². The average molecular weight is 250 g/mol. The number of halogens is 1. The summed E-state index contributed by atoms with van der Waals surface area (Å²) in [5.74, 6) is 0.439. The lowest BCUT2D eigenvalue weighted by atomic mass is 10.1. The third kappa shape index (κ3) is 2.62. The fourth-order valence-electron chi connectivity index (χ4n) is 1.43. The molecular formula is C11H12ClN5. The molecule has 0 aliphatic carbocycles. The van der Waals surface area contributed by atoms with Crippen molar-refractivity contribution in [2.24, 2.45) is 0 Å². The fraction of sp³-hybridized carbons (Fsp3) is 0.182. The highest BCUT2D eigenvalue weighted by Gasteiger charge is 2.05. The molecule has 0 amide bonds. The minimum absolute atomic E-state index is 0.0744. The minimum Gasteiger partial charge on any atom is -0.368 e. The molecule has 3 N–H and O–H groups in total. The molecule has 1 aromatic heterocycles. The van der Waals surface area contributed by atoms with Crippen molar-refractivity contribution in [2.45, 2.75) is 13.8 Å². The van der Waals surface area contributed by atoms with Gasteiger partial charge in [0.1, 0.15) is 0 Å². The number of nitrogens with one attached hydrogen (secondary N) is 1. The standard InChI is InChI=1S/C11H12ClN5/c1-6-4-3-5-8(7(6)2)14-11-16-9(12)15-10(13)17-11/h3-5H,1-2H3,(H3,13,14,15,16,17). The molecular weight excluding hydrogens is 238 g/mol. The number of benzene rings is 1. The molecule has 0 aliphatic heterocycles. The van der Waals surface area contributed by atoms with Gasteiger partial charge in [0.05, 0.1) is 0 Å². The molecule has 1 heterocycles. The van der Waals surface area contributed by atoms with E-state index in [1.165, 1.54) is 5.56 Å². The van der Waals surface area contributed by atoms with E-state index in [9.17, 15) is 0 Å². The van der Waals surface area contributed by atoms with Crippen LogP contribution in [0.15, 0.2) is 18.2 Å². The SMILES string of the molecule is Cc1cccc(Nc2nc(N)nc(Cl)n2)c1C. The van der Waals surface area contributed by atoms with E-state index in [-0.39, 0.29) is 11.2 Å². The number of rotatable bonds is 2. The summed E-state index contributed by atoms with van der Waals surface area (Å²) in [6.45, 7) is 4.05. The second kappa shape index (κ2) is 4.55. The van der Waals surface area contributed by atoms with Crippen LogP contribution in [0.5, 0.6) is 0 Å². The maximum absolute atomic E-state index is 5.71. The van der Waals surface area contributed by atoms with Gasteiger partial charge in [0.2, 0.25) is 17.2 Å². The van der Waals surface area contributed by atoms with Gasteiger partial charge in [-0.2, -0.15) is 15.0 Å². The van der Waals surface area contributed by atoms with Crippen LogP contribution in [0.2, 0.25) is 5.28 Å². The molecule has 17 heavy (non-hydrogen) atoms. The fourth-order valence-corrected chi connectivity index (χ4v) is 1.59. The molecule has 0 spiro atoms. The van der Waals surface area contributed by atoms with Gasteiger partial charge in [-0.3, -0.25) is 0 Å². The number of anilines is 3. The molecule has 0 saturated carbocycles. The van der Waals surface area contributed by atoms with Crippen molar-refractivity contribution in [3.05, 3.63) is 34.6 Å². The minimum atomic E-state index is 0.0744. The number of nitrogens with zero attached hydrogens (tertiary/aromatic N) is 3. The van der Waals surface area contributed by atoms with Crippen LogP contribution in [-0.4, -0.2) is 15.0 Å². The summed E-state index contributed by atoms with van der Waals surface area (Å²) in [7, 11) is 0. The largest absolute Gasteiger partial charge is 0.368 e. The summed E-state index contributed by atoms with van der Waals surface area (Å²) in [5, 5.41) is 3.14. The molecule has 2 aromatic rings. The van der Waals surface area contributed by atoms with Gasteiger partial charge in [0.15, 0.2) is 0 Å². The first-order chi connectivity index (χ1) is 8.06. The van der Waals surface area contributed by atoms with Gasteiger partial charge in [0.25, 0.3) is 0 Å². The lowest BCUT2D eigenvalue weighted by Crippen LogP contribution is -2.04. The average Bonchev–Trinajstić information content (AvgIpc) is 2.23. The van der Waals surface area contributed by atoms with Crippen molar-refractivity contribution in [1.29, 1.82) is 0 Å². The Kier molecular flexibility index (Phi) is 3.10. The van der Waals surface area contributed by atoms with Crippen LogP contribution in [0.3, 0.4) is 0 Å². The summed E-state index contributed by atoms with van der Waals surface area (Å²) in [5.41, 5.74) is 8.73. The van der Waals surface area contributed by atoms with Crippen LogP contribution in [0.1, 0.15) is 11.1 Å². The van der Waals surface area contributed by atoms with Gasteiger partial charge in [-0.1, -0.05) is 12.1 Å². The van der Waals surface area contributed by atoms with Gasteiger partial charge in [-0.05, 0) is 42.6 Å². The number of aromatic nitrogens is 3. The zero-order chi connectivity index (χ0) is 12.4. The third-order valence-electron chi connectivity index (χ3n) is 2.48. The quantitative estimate of drug-likeness (QED) is 0.855. The van der Waals surface area contributed by atoms with E-state index in [1.807, 2.05) is 32.0 Å². The number of nitrogens with two attached hydrogens (primary N) is 1. The highest BCUT2D eigenvalue weighted by Crippen LogP contribution is 2.21. The van der Waals surface area contributed by atoms with Crippen molar-refractivity contribution < 1.29 is 0 Å². The molecule has 0 saturated heterocycles. The lowest BCUT2D eigenvalue weighted by molar-refractivity contribution is 1.07. The molecule has 2 rings (SSSR count). The van der Waals surface area contributed by atoms with Crippen molar-refractivity contribution >= 4 is 29.2 Å². The van der Waals surface area contributed by atoms with Crippen LogP contribution < -0.4 is 11.1 Å². The Hall–Kier alpha value is -1.88. The predicted molar refractivity (Wildman–Crippen MR) is 68.4 cm³/mol. The molecule has 0 aliphatic rings. The molecule has 88 valence electrons. The van der Waals surface area contributed by atoms with E-state index in [4.69, 9.17) is 17.3 Å². The molecule has 1 aromatic carbocycles. The van der Waals surface area contributed by atoms with Crippen molar-refractivity contribution in [3.8, 4) is 0 Å². The molecule has 0 fully saturated rings. The second-order valence-corrected chi connectivity index (χ2v) is 4.00. The number of aryl methyl sites for hydroxylation is 1. The van der Waals surface area contributed by atoms with E-state index in [0.29, 0.717) is 5.95 Å². The molecule has 0 radical (unpaired) electrons. The highest BCUT2D eigenvalue weighted by atomic mass is 35.5. The van der Waals surface area contributed by atoms with Crippen LogP contribution in [0.4, 0.5) is 17.6 Å². The normalized spacial score (nSPS) is 10.3. The number of hydrogen-bond donors (Lipinski definition) is 2. The molecule has 5 nitrogen and oxygen atoms in total. The van der Waals surface area contributed by atoms with Gasteiger partial charge in [-0.25, -0.2) is 0 Å². The van der Waals surface area contributed by atoms with Gasteiger partial charge in [-0.15, -0.1) is 0 Å². The van der Waals surface area contributed by atoms with E-state index >= 15 is 0 Å². The maximum Gasteiger partial charge on any atom is 0.233 e. The first kappa shape index (κ1) is 11.6. The van der Waals surface area contributed by atoms with E-state index in [1.54, 1.807) is 0 Å². The maximum atomic E-state index is 5.71. The first-order valence-corrected chi connectivity index (χ1v) is 5.44. The van der Waals surface area contributed by atoms with E-state index in [2.05, 4.69) is 20.3 Å². The van der Waals surface area contributed by atoms with E-state index < -0.39 is 0 Å². The summed E-state index contributed by atoms with van der Waals surface area (Å²) in [6, 6.07) is 5.93. The van der Waals surface area contributed by atoms with Crippen molar-refractivity contribution in [3.63, 3.8) is 0 Å². The Balaban J connectivity index is 2.34. The van der Waals surface area contributed by atoms with Gasteiger partial charge in [0, 0.05) is 5.69 Å². The summed E-state index contributed by atoms with van der Waals surface area (Å²) < 4.78 is 0. The second-order valence-electron chi connectivity index (χ2n) is 3.66. The lowest BCUT2D eigenvalue weighted by Gasteiger charge is -2.10. The van der Waals surface area contributed by atoms with Gasteiger partial charge < -0.3 is 11.1 Å². The Morgan fingerprint density at radius 3 is 2.65 bits per heavy atom. The summed E-state index contributed by atoms with van der Waals surface area (Å²) in [4.78, 5) is 11.6. The van der Waals surface area contributed by atoms with Crippen LogP contribution in [0.25, 0.3) is 0 Å². The highest BCUT2D eigenvalue weighted by molar-refractivity contribution is 6.28. The van der Waals surface area contributed by atoms with Crippen LogP contribution >= 0.6 is 11.6 Å². The van der Waals surface area contributed by atoms with Crippen LogP contribution in [0, 0.1) is 13.8 Å². The Morgan fingerprint density at radius 1 is 1.18 bits per heavy atom. The zero-order valence-corrected chi connectivity index (χ0v) is 10.3. The topological polar surface area (TPSA) is 76.7 Å². The Morgan fingerprint density at radius 2 is 1.94 bits per heavy atom. The van der Waals surface area contributed by atoms with Crippen molar-refractivity contribution in [1.82, 2.24) is 15.0 Å². The summed E-state index contributed by atoms with van der Waals surface area (Å²) >= 11 is 5.71. The van der Waals surface area contributed by atoms with Gasteiger partial charge >= 0.3 is 0 Å². The molecule has 0 unspecified atom stereocenters. The predicted octanol–water partition coefficient (Wildman–Crippen LogP) is 2.47. The van der Waals surface area contributed by atoms with Crippen LogP contribution in [-0.2, 0) is 0 Å². The summed E-state index contributed by atoms with van der Waals surface area (Å²) in [6.07, 6.45) is 0. The Bertz CT molecular complexity index is 535.